The fourth-order valence-corrected chi connectivity index (χ4v) is 3.71. The van der Waals surface area contributed by atoms with E-state index >= 15 is 0 Å². The van der Waals surface area contributed by atoms with Gasteiger partial charge in [0.1, 0.15) is 18.0 Å². The molecule has 1 aliphatic heterocycles. The molecular weight excluding hydrogens is 334 g/mol. The van der Waals surface area contributed by atoms with E-state index in [0.717, 1.165) is 46.4 Å². The van der Waals surface area contributed by atoms with Gasteiger partial charge in [0.2, 0.25) is 0 Å². The maximum atomic E-state index is 6.08. The lowest BCUT2D eigenvalue weighted by Crippen LogP contribution is -2.09. The van der Waals surface area contributed by atoms with Gasteiger partial charge in [0.25, 0.3) is 0 Å². The average molecular weight is 350 g/mol. The highest BCUT2D eigenvalue weighted by atomic mass is 35.5. The van der Waals surface area contributed by atoms with Crippen molar-refractivity contribution in [3.05, 3.63) is 53.6 Å². The topological polar surface area (TPSA) is 55.6 Å². The number of hydrogen-bond donors (Lipinski definition) is 1. The minimum Gasteiger partial charge on any atom is -0.340 e. The fourth-order valence-electron chi connectivity index (χ4n) is 3.52. The minimum absolute atomic E-state index is 0.688. The van der Waals surface area contributed by atoms with Gasteiger partial charge in [0.15, 0.2) is 0 Å². The third-order valence-electron chi connectivity index (χ3n) is 4.70. The van der Waals surface area contributed by atoms with Crippen molar-refractivity contribution in [2.45, 2.75) is 25.8 Å². The number of fused-ring (bicyclic) bond motifs is 4. The molecule has 0 aliphatic carbocycles. The number of nitrogens with one attached hydrogen (secondary N) is 1. The molecule has 2 aromatic heterocycles. The predicted octanol–water partition coefficient (Wildman–Crippen LogP) is 4.71. The molecule has 4 aromatic rings. The molecule has 0 radical (unpaired) electrons. The highest BCUT2D eigenvalue weighted by molar-refractivity contribution is 6.30. The zero-order valence-corrected chi connectivity index (χ0v) is 14.3. The summed E-state index contributed by atoms with van der Waals surface area (Å²) in [4.78, 5) is 13.7. The van der Waals surface area contributed by atoms with E-state index in [0.29, 0.717) is 5.02 Å². The number of imidazole rings is 1. The summed E-state index contributed by atoms with van der Waals surface area (Å²) in [7, 11) is 0. The van der Waals surface area contributed by atoms with Crippen LogP contribution in [-0.2, 0) is 13.0 Å². The van der Waals surface area contributed by atoms with Gasteiger partial charge in [-0.15, -0.1) is 0 Å². The van der Waals surface area contributed by atoms with Crippen LogP contribution in [0, 0.1) is 0 Å². The summed E-state index contributed by atoms with van der Waals surface area (Å²) in [5.74, 6) is 1.94. The van der Waals surface area contributed by atoms with Crippen molar-refractivity contribution in [3.8, 4) is 0 Å². The number of aryl methyl sites for hydroxylation is 2. The summed E-state index contributed by atoms with van der Waals surface area (Å²) in [6.07, 6.45) is 5.06. The summed E-state index contributed by atoms with van der Waals surface area (Å²) in [6.45, 7) is 1.04. The first-order chi connectivity index (χ1) is 12.3. The molecule has 1 aliphatic rings. The summed E-state index contributed by atoms with van der Waals surface area (Å²) >= 11 is 6.08. The molecule has 0 amide bonds. The van der Waals surface area contributed by atoms with Gasteiger partial charge >= 0.3 is 0 Å². The molecule has 5 nitrogen and oxygen atoms in total. The normalized spacial score (nSPS) is 14.0. The molecule has 2 aromatic carbocycles. The third-order valence-corrected chi connectivity index (χ3v) is 4.94. The maximum Gasteiger partial charge on any atom is 0.141 e. The van der Waals surface area contributed by atoms with E-state index in [1.165, 1.54) is 18.7 Å². The first kappa shape index (κ1) is 14.7. The van der Waals surface area contributed by atoms with Crippen LogP contribution in [0.3, 0.4) is 0 Å². The van der Waals surface area contributed by atoms with Gasteiger partial charge in [-0.3, -0.25) is 0 Å². The largest absolute Gasteiger partial charge is 0.340 e. The Hall–Kier alpha value is -2.66. The lowest BCUT2D eigenvalue weighted by Gasteiger charge is -2.14. The molecule has 5 rings (SSSR count). The van der Waals surface area contributed by atoms with E-state index in [1.54, 1.807) is 6.33 Å². The molecule has 1 N–H and O–H groups in total. The molecule has 25 heavy (non-hydrogen) atoms. The van der Waals surface area contributed by atoms with Crippen LogP contribution in [0.1, 0.15) is 18.7 Å². The second-order valence-electron chi connectivity index (χ2n) is 6.35. The predicted molar refractivity (Wildman–Crippen MR) is 101 cm³/mol. The van der Waals surface area contributed by atoms with E-state index in [9.17, 15) is 0 Å². The summed E-state index contributed by atoms with van der Waals surface area (Å²) < 4.78 is 2.32. The molecule has 0 fully saturated rings. The van der Waals surface area contributed by atoms with Crippen molar-refractivity contribution < 1.29 is 0 Å². The van der Waals surface area contributed by atoms with Crippen LogP contribution in [0.5, 0.6) is 0 Å². The molecule has 0 saturated heterocycles. The van der Waals surface area contributed by atoms with Crippen LogP contribution < -0.4 is 5.32 Å². The average Bonchev–Trinajstić information content (AvgIpc) is 2.98. The SMILES string of the molecule is Clc1cccc(Nc2ncnc3cc4c(cc23)nc2n4CCCC2)c1. The van der Waals surface area contributed by atoms with Gasteiger partial charge in [-0.1, -0.05) is 17.7 Å². The van der Waals surface area contributed by atoms with Crippen molar-refractivity contribution in [3.63, 3.8) is 0 Å². The second kappa shape index (κ2) is 5.70. The van der Waals surface area contributed by atoms with E-state index in [4.69, 9.17) is 16.6 Å². The van der Waals surface area contributed by atoms with Crippen LogP contribution >= 0.6 is 11.6 Å². The molecule has 124 valence electrons. The number of aromatic nitrogens is 4. The molecule has 6 heteroatoms. The number of rotatable bonds is 2. The minimum atomic E-state index is 0.688. The zero-order chi connectivity index (χ0) is 16.8. The Morgan fingerprint density at radius 3 is 2.92 bits per heavy atom. The van der Waals surface area contributed by atoms with E-state index in [-0.39, 0.29) is 0 Å². The first-order valence-corrected chi connectivity index (χ1v) is 8.82. The third kappa shape index (κ3) is 2.51. The van der Waals surface area contributed by atoms with Crippen molar-refractivity contribution in [2.75, 3.05) is 5.32 Å². The van der Waals surface area contributed by atoms with Crippen LogP contribution in [0.15, 0.2) is 42.7 Å². The summed E-state index contributed by atoms with van der Waals surface area (Å²) in [5, 5.41) is 4.99. The monoisotopic (exact) mass is 349 g/mol. The Morgan fingerprint density at radius 1 is 1.04 bits per heavy atom. The van der Waals surface area contributed by atoms with Crippen molar-refractivity contribution >= 4 is 45.0 Å². The molecule has 0 spiro atoms. The van der Waals surface area contributed by atoms with Crippen LogP contribution in [0.25, 0.3) is 21.9 Å². The van der Waals surface area contributed by atoms with Gasteiger partial charge in [-0.2, -0.15) is 0 Å². The Kier molecular flexibility index (Phi) is 3.35. The van der Waals surface area contributed by atoms with Gasteiger partial charge < -0.3 is 9.88 Å². The number of nitrogens with zero attached hydrogens (tertiary/aromatic N) is 4. The van der Waals surface area contributed by atoms with Crippen LogP contribution in [0.4, 0.5) is 11.5 Å². The number of hydrogen-bond acceptors (Lipinski definition) is 4. The fraction of sp³-hybridized carbons (Fsp3) is 0.211. The van der Waals surface area contributed by atoms with Gasteiger partial charge in [-0.25, -0.2) is 15.0 Å². The Balaban J connectivity index is 1.67. The summed E-state index contributed by atoms with van der Waals surface area (Å²) in [6, 6.07) is 11.8. The van der Waals surface area contributed by atoms with E-state index in [1.807, 2.05) is 24.3 Å². The molecule has 0 atom stereocenters. The van der Waals surface area contributed by atoms with Crippen molar-refractivity contribution in [2.24, 2.45) is 0 Å². The highest BCUT2D eigenvalue weighted by Gasteiger charge is 2.16. The Bertz CT molecular complexity index is 1100. The molecule has 0 saturated carbocycles. The van der Waals surface area contributed by atoms with Crippen molar-refractivity contribution in [1.82, 2.24) is 19.5 Å². The Morgan fingerprint density at radius 2 is 2.00 bits per heavy atom. The van der Waals surface area contributed by atoms with Crippen LogP contribution in [0.2, 0.25) is 5.02 Å². The quantitative estimate of drug-likeness (QED) is 0.569. The smallest absolute Gasteiger partial charge is 0.141 e. The molecule has 0 bridgehead atoms. The van der Waals surface area contributed by atoms with Gasteiger partial charge in [0, 0.05) is 29.1 Å². The van der Waals surface area contributed by atoms with Crippen molar-refractivity contribution in [1.29, 1.82) is 0 Å². The number of benzene rings is 2. The van der Waals surface area contributed by atoms with Gasteiger partial charge in [0.05, 0.1) is 16.6 Å². The summed E-state index contributed by atoms with van der Waals surface area (Å²) in [5.41, 5.74) is 3.99. The maximum absolute atomic E-state index is 6.08. The molecule has 3 heterocycles. The number of anilines is 2. The first-order valence-electron chi connectivity index (χ1n) is 8.44. The molecular formula is C19H16ClN5. The standard InChI is InChI=1S/C19H16ClN5/c20-12-4-3-5-13(8-12)23-19-14-9-16-17(10-15(14)21-11-22-19)25-7-2-1-6-18(25)24-16/h3-5,8-11H,1-2,6-7H2,(H,21,22,23). The van der Waals surface area contributed by atoms with Gasteiger partial charge in [-0.05, 0) is 43.2 Å². The van der Waals surface area contributed by atoms with E-state index in [2.05, 4.69) is 32.0 Å². The number of halogens is 1. The Labute approximate surface area is 149 Å². The van der Waals surface area contributed by atoms with Crippen LogP contribution in [-0.4, -0.2) is 19.5 Å². The van der Waals surface area contributed by atoms with E-state index < -0.39 is 0 Å². The lowest BCUT2D eigenvalue weighted by molar-refractivity contribution is 0.533. The molecule has 0 unspecified atom stereocenters. The highest BCUT2D eigenvalue weighted by Crippen LogP contribution is 2.30. The lowest BCUT2D eigenvalue weighted by atomic mass is 10.1. The second-order valence-corrected chi connectivity index (χ2v) is 6.79. The zero-order valence-electron chi connectivity index (χ0n) is 13.5.